The Balaban J connectivity index is 1.66. The lowest BCUT2D eigenvalue weighted by Crippen LogP contribution is -2.25. The van der Waals surface area contributed by atoms with Crippen molar-refractivity contribution in [3.63, 3.8) is 0 Å². The van der Waals surface area contributed by atoms with E-state index in [0.29, 0.717) is 0 Å². The summed E-state index contributed by atoms with van der Waals surface area (Å²) in [6.45, 7) is 1.58. The van der Waals surface area contributed by atoms with Crippen LogP contribution in [0.15, 0.2) is 22.8 Å². The van der Waals surface area contributed by atoms with Gasteiger partial charge in [0.15, 0.2) is 12.5 Å². The van der Waals surface area contributed by atoms with E-state index in [9.17, 15) is 0 Å². The van der Waals surface area contributed by atoms with Crippen LogP contribution in [-0.2, 0) is 9.47 Å². The fraction of sp³-hybridized carbons (Fsp3) is 0.588. The van der Waals surface area contributed by atoms with Gasteiger partial charge in [-0.2, -0.15) is 5.10 Å². The third-order valence-electron chi connectivity index (χ3n) is 4.50. The molecule has 0 bridgehead atoms. The molecule has 0 saturated carbocycles. The molecule has 2 unspecified atom stereocenters. The number of halogens is 1. The van der Waals surface area contributed by atoms with Gasteiger partial charge in [0.1, 0.15) is 5.75 Å². The maximum atomic E-state index is 6.14. The number of benzene rings is 1. The van der Waals surface area contributed by atoms with Crippen molar-refractivity contribution >= 4 is 26.8 Å². The Hall–Kier alpha value is -1.11. The summed E-state index contributed by atoms with van der Waals surface area (Å²) in [5.41, 5.74) is 1.05. The van der Waals surface area contributed by atoms with E-state index in [2.05, 4.69) is 27.1 Å². The molecule has 2 aliphatic rings. The molecule has 2 aliphatic heterocycles. The fourth-order valence-corrected chi connectivity index (χ4v) is 3.71. The summed E-state index contributed by atoms with van der Waals surface area (Å²) in [7, 11) is 0. The van der Waals surface area contributed by atoms with Crippen molar-refractivity contribution in [2.45, 2.75) is 51.0 Å². The van der Waals surface area contributed by atoms with Gasteiger partial charge in [0.2, 0.25) is 0 Å². The highest BCUT2D eigenvalue weighted by Crippen LogP contribution is 2.37. The van der Waals surface area contributed by atoms with E-state index in [4.69, 9.17) is 14.2 Å². The Bertz CT molecular complexity index is 676. The minimum Gasteiger partial charge on any atom is -0.463 e. The first-order chi connectivity index (χ1) is 11.3. The van der Waals surface area contributed by atoms with Gasteiger partial charge < -0.3 is 14.2 Å². The van der Waals surface area contributed by atoms with Gasteiger partial charge in [-0.25, -0.2) is 4.68 Å². The van der Waals surface area contributed by atoms with Gasteiger partial charge in [0.25, 0.3) is 0 Å². The number of hydrogen-bond acceptors (Lipinski definition) is 4. The van der Waals surface area contributed by atoms with Crippen LogP contribution in [0.5, 0.6) is 5.75 Å². The van der Waals surface area contributed by atoms with Crippen molar-refractivity contribution in [3.05, 3.63) is 22.8 Å². The van der Waals surface area contributed by atoms with E-state index >= 15 is 0 Å². The standard InChI is InChI=1S/C17H21BrN2O3/c18-13-7-8-14-12(17(13)23-16-6-2-4-10-22-16)11-19-20(14)15-5-1-3-9-21-15/h7-8,11,15-16H,1-6,9-10H2. The average Bonchev–Trinajstić information content (AvgIpc) is 3.03. The Morgan fingerprint density at radius 2 is 1.91 bits per heavy atom. The van der Waals surface area contributed by atoms with Crippen LogP contribution in [0.2, 0.25) is 0 Å². The van der Waals surface area contributed by atoms with E-state index in [1.54, 1.807) is 0 Å². The highest BCUT2D eigenvalue weighted by atomic mass is 79.9. The third kappa shape index (κ3) is 3.12. The highest BCUT2D eigenvalue weighted by molar-refractivity contribution is 9.10. The lowest BCUT2D eigenvalue weighted by molar-refractivity contribution is -0.105. The molecule has 3 heterocycles. The summed E-state index contributed by atoms with van der Waals surface area (Å²) in [5, 5.41) is 5.57. The van der Waals surface area contributed by atoms with Gasteiger partial charge in [0, 0.05) is 13.0 Å². The molecular weight excluding hydrogens is 360 g/mol. The minimum atomic E-state index is -0.167. The number of rotatable bonds is 3. The zero-order chi connectivity index (χ0) is 15.6. The molecule has 2 atom stereocenters. The molecule has 2 aromatic rings. The lowest BCUT2D eigenvalue weighted by atomic mass is 10.2. The fourth-order valence-electron chi connectivity index (χ4n) is 3.27. The third-order valence-corrected chi connectivity index (χ3v) is 5.12. The molecule has 0 N–H and O–H groups in total. The molecule has 0 aliphatic carbocycles. The van der Waals surface area contributed by atoms with Gasteiger partial charge in [-0.3, -0.25) is 0 Å². The molecule has 2 fully saturated rings. The molecule has 0 spiro atoms. The molecule has 6 heteroatoms. The largest absolute Gasteiger partial charge is 0.463 e. The van der Waals surface area contributed by atoms with Crippen molar-refractivity contribution in [2.75, 3.05) is 13.2 Å². The number of nitrogens with zero attached hydrogens (tertiary/aromatic N) is 2. The van der Waals surface area contributed by atoms with Crippen LogP contribution < -0.4 is 4.74 Å². The normalized spacial score (nSPS) is 25.6. The van der Waals surface area contributed by atoms with Crippen LogP contribution in [0.25, 0.3) is 10.9 Å². The van der Waals surface area contributed by atoms with Gasteiger partial charge in [0.05, 0.1) is 28.2 Å². The first-order valence-electron chi connectivity index (χ1n) is 8.38. The van der Waals surface area contributed by atoms with Crippen LogP contribution in [0.3, 0.4) is 0 Å². The van der Waals surface area contributed by atoms with E-state index in [-0.39, 0.29) is 12.5 Å². The van der Waals surface area contributed by atoms with Gasteiger partial charge in [-0.1, -0.05) is 0 Å². The molecule has 1 aromatic carbocycles. The van der Waals surface area contributed by atoms with Crippen LogP contribution >= 0.6 is 15.9 Å². The topological polar surface area (TPSA) is 45.5 Å². The second-order valence-electron chi connectivity index (χ2n) is 6.13. The molecule has 0 amide bonds. The van der Waals surface area contributed by atoms with Crippen LogP contribution in [0.4, 0.5) is 0 Å². The van der Waals surface area contributed by atoms with Gasteiger partial charge in [-0.05, 0) is 60.2 Å². The zero-order valence-electron chi connectivity index (χ0n) is 13.0. The van der Waals surface area contributed by atoms with E-state index in [0.717, 1.165) is 66.4 Å². The van der Waals surface area contributed by atoms with E-state index < -0.39 is 0 Å². The summed E-state index contributed by atoms with van der Waals surface area (Å²) < 4.78 is 20.6. The van der Waals surface area contributed by atoms with E-state index in [1.165, 1.54) is 6.42 Å². The first kappa shape index (κ1) is 15.4. The van der Waals surface area contributed by atoms with Crippen molar-refractivity contribution in [2.24, 2.45) is 0 Å². The zero-order valence-corrected chi connectivity index (χ0v) is 14.6. The SMILES string of the molecule is Brc1ccc2c(cnn2C2CCCCO2)c1OC1CCCCO1. The van der Waals surface area contributed by atoms with Crippen LogP contribution in [0.1, 0.15) is 44.8 Å². The molecule has 124 valence electrons. The Kier molecular flexibility index (Phi) is 4.55. The monoisotopic (exact) mass is 380 g/mol. The maximum absolute atomic E-state index is 6.14. The molecule has 5 nitrogen and oxygen atoms in total. The Morgan fingerprint density at radius 1 is 1.09 bits per heavy atom. The average molecular weight is 381 g/mol. The van der Waals surface area contributed by atoms with Crippen LogP contribution in [-0.4, -0.2) is 29.3 Å². The van der Waals surface area contributed by atoms with Crippen LogP contribution in [0, 0.1) is 0 Å². The predicted octanol–water partition coefficient (Wildman–Crippen LogP) is 4.40. The second-order valence-corrected chi connectivity index (χ2v) is 6.99. The lowest BCUT2D eigenvalue weighted by Gasteiger charge is -2.25. The summed E-state index contributed by atoms with van der Waals surface area (Å²) in [6.07, 6.45) is 8.25. The smallest absolute Gasteiger partial charge is 0.199 e. The quantitative estimate of drug-likeness (QED) is 0.791. The highest BCUT2D eigenvalue weighted by Gasteiger charge is 2.23. The van der Waals surface area contributed by atoms with Gasteiger partial charge in [-0.15, -0.1) is 0 Å². The second kappa shape index (κ2) is 6.79. The Labute approximate surface area is 144 Å². The van der Waals surface area contributed by atoms with Gasteiger partial charge >= 0.3 is 0 Å². The molecule has 1 aromatic heterocycles. The molecule has 23 heavy (non-hydrogen) atoms. The van der Waals surface area contributed by atoms with Crippen molar-refractivity contribution in [1.82, 2.24) is 9.78 Å². The number of fused-ring (bicyclic) bond motifs is 1. The molecule has 4 rings (SSSR count). The first-order valence-corrected chi connectivity index (χ1v) is 9.18. The Morgan fingerprint density at radius 3 is 2.65 bits per heavy atom. The number of hydrogen-bond donors (Lipinski definition) is 0. The summed E-state index contributed by atoms with van der Waals surface area (Å²) in [6, 6.07) is 4.08. The molecule has 0 radical (unpaired) electrons. The number of aromatic nitrogens is 2. The molecular formula is C17H21BrN2O3. The summed E-state index contributed by atoms with van der Waals surface area (Å²) in [5.74, 6) is 0.816. The maximum Gasteiger partial charge on any atom is 0.199 e. The predicted molar refractivity (Wildman–Crippen MR) is 90.5 cm³/mol. The van der Waals surface area contributed by atoms with Crippen molar-refractivity contribution < 1.29 is 14.2 Å². The summed E-state index contributed by atoms with van der Waals surface area (Å²) in [4.78, 5) is 0. The minimum absolute atomic E-state index is 0.0289. The molecule has 2 saturated heterocycles. The van der Waals surface area contributed by atoms with Crippen molar-refractivity contribution in [3.8, 4) is 5.75 Å². The summed E-state index contributed by atoms with van der Waals surface area (Å²) >= 11 is 3.60. The van der Waals surface area contributed by atoms with Crippen molar-refractivity contribution in [1.29, 1.82) is 0 Å². The van der Waals surface area contributed by atoms with E-state index in [1.807, 2.05) is 16.9 Å². The number of ether oxygens (including phenoxy) is 3.